The van der Waals surface area contributed by atoms with Crippen LogP contribution in [-0.4, -0.2) is 34.5 Å². The normalized spacial score (nSPS) is 54.3. The van der Waals surface area contributed by atoms with E-state index in [0.717, 1.165) is 6.42 Å². The number of hydrogen-bond acceptors (Lipinski definition) is 4. The molecule has 21 heavy (non-hydrogen) atoms. The minimum atomic E-state index is -0.521. The Morgan fingerprint density at radius 3 is 2.24 bits per heavy atom. The third-order valence-corrected chi connectivity index (χ3v) is 7.00. The van der Waals surface area contributed by atoms with Gasteiger partial charge in [-0.3, -0.25) is 4.79 Å². The molecule has 0 aromatic carbocycles. The monoisotopic (exact) mass is 296 g/mol. The summed E-state index contributed by atoms with van der Waals surface area (Å²) in [6.07, 6.45) is 0.146. The molecule has 0 aromatic rings. The van der Waals surface area contributed by atoms with Crippen LogP contribution >= 0.6 is 0 Å². The first-order valence-corrected chi connectivity index (χ1v) is 8.15. The third-order valence-electron chi connectivity index (χ3n) is 7.00. The smallest absolute Gasteiger partial charge is 0.302 e. The summed E-state index contributed by atoms with van der Waals surface area (Å²) in [5, 5.41) is 21.4. The highest BCUT2D eigenvalue weighted by Gasteiger charge is 2.74. The van der Waals surface area contributed by atoms with Gasteiger partial charge in [0.15, 0.2) is 0 Å². The van der Waals surface area contributed by atoms with Crippen LogP contribution in [0.1, 0.15) is 47.5 Å². The second-order valence-corrected chi connectivity index (χ2v) is 8.39. The minimum absolute atomic E-state index is 0.115. The topological polar surface area (TPSA) is 66.8 Å². The van der Waals surface area contributed by atoms with Crippen LogP contribution in [0, 0.1) is 34.5 Å². The van der Waals surface area contributed by atoms with Crippen LogP contribution < -0.4 is 0 Å². The van der Waals surface area contributed by atoms with Crippen molar-refractivity contribution in [1.29, 1.82) is 0 Å². The third kappa shape index (κ3) is 1.78. The van der Waals surface area contributed by atoms with Gasteiger partial charge in [-0.2, -0.15) is 0 Å². The van der Waals surface area contributed by atoms with Crippen LogP contribution in [0.25, 0.3) is 0 Å². The molecule has 4 bridgehead atoms. The van der Waals surface area contributed by atoms with E-state index in [9.17, 15) is 15.0 Å². The molecule has 0 amide bonds. The fraction of sp³-hybridized carbons (Fsp3) is 0.941. The van der Waals surface area contributed by atoms with Gasteiger partial charge in [-0.1, -0.05) is 27.7 Å². The molecule has 4 aliphatic carbocycles. The number of carbonyl (C=O) groups is 1. The Kier molecular flexibility index (Phi) is 3.24. The van der Waals surface area contributed by atoms with Gasteiger partial charge >= 0.3 is 5.97 Å². The number of hydrogen-bond donors (Lipinski definition) is 2. The average Bonchev–Trinajstić information content (AvgIpc) is 2.41. The Bertz CT molecular complexity index is 442. The number of rotatable bonds is 1. The van der Waals surface area contributed by atoms with Crippen LogP contribution in [-0.2, 0) is 9.53 Å². The van der Waals surface area contributed by atoms with Crippen LogP contribution in [0.4, 0.5) is 0 Å². The summed E-state index contributed by atoms with van der Waals surface area (Å²) in [4.78, 5) is 11.4. The molecule has 4 aliphatic rings. The van der Waals surface area contributed by atoms with Crippen LogP contribution in [0.3, 0.4) is 0 Å². The Labute approximate surface area is 126 Å². The lowest BCUT2D eigenvalue weighted by atomic mass is 9.35. The second kappa shape index (κ2) is 4.45. The van der Waals surface area contributed by atoms with Crippen LogP contribution in [0.2, 0.25) is 0 Å². The average molecular weight is 296 g/mol. The number of aliphatic hydroxyl groups is 2. The Balaban J connectivity index is 2.03. The van der Waals surface area contributed by atoms with Gasteiger partial charge in [-0.25, -0.2) is 0 Å². The zero-order valence-electron chi connectivity index (χ0n) is 13.7. The number of esters is 1. The Morgan fingerprint density at radius 2 is 1.71 bits per heavy atom. The molecule has 4 heteroatoms. The zero-order chi connectivity index (χ0) is 15.7. The van der Waals surface area contributed by atoms with Gasteiger partial charge in [0, 0.05) is 24.2 Å². The van der Waals surface area contributed by atoms with Gasteiger partial charge in [0.2, 0.25) is 0 Å². The molecule has 4 unspecified atom stereocenters. The van der Waals surface area contributed by atoms with E-state index in [1.165, 1.54) is 6.92 Å². The van der Waals surface area contributed by atoms with Crippen molar-refractivity contribution < 1.29 is 19.7 Å². The first kappa shape index (κ1) is 15.3. The van der Waals surface area contributed by atoms with Gasteiger partial charge in [-0.05, 0) is 30.1 Å². The highest BCUT2D eigenvalue weighted by Crippen LogP contribution is 2.73. The molecule has 4 nitrogen and oxygen atoms in total. The predicted octanol–water partition coefficient (Wildman–Crippen LogP) is 1.98. The number of aliphatic hydroxyl groups excluding tert-OH is 2. The van der Waals surface area contributed by atoms with Crippen molar-refractivity contribution in [3.05, 3.63) is 0 Å². The lowest BCUT2D eigenvalue weighted by molar-refractivity contribution is -0.280. The Hall–Kier alpha value is -0.610. The molecule has 2 N–H and O–H groups in total. The van der Waals surface area contributed by atoms with Gasteiger partial charge in [-0.15, -0.1) is 0 Å². The SMILES string of the molecule is CC(=O)O[C@@H]1C[C@@H](O)C2(C)C3C(C2[C@@H](C)C[C@H]3O)C1(C)C. The number of carbonyl (C=O) groups excluding carboxylic acids is 1. The highest BCUT2D eigenvalue weighted by molar-refractivity contribution is 5.66. The molecule has 0 heterocycles. The first-order chi connectivity index (χ1) is 9.61. The molecule has 0 spiro atoms. The van der Waals surface area contributed by atoms with Gasteiger partial charge in [0.25, 0.3) is 0 Å². The lowest BCUT2D eigenvalue weighted by Crippen LogP contribution is -2.71. The number of fused-ring (bicyclic) bond motifs is 3. The molecule has 4 fully saturated rings. The zero-order valence-corrected chi connectivity index (χ0v) is 13.7. The summed E-state index contributed by atoms with van der Waals surface area (Å²) >= 11 is 0. The standard InChI is InChI=1S/C17H28O4/c1-8-6-10(19)14-15-13(8)17(14,5)11(20)7-12(16(15,3)4)21-9(2)18/h8,10-15,19-20H,6-7H2,1-5H3/t8-,10+,11+,12+,13?,14?,15?,17?/m0/s1. The summed E-state index contributed by atoms with van der Waals surface area (Å²) in [5.41, 5.74) is -0.457. The van der Waals surface area contributed by atoms with E-state index >= 15 is 0 Å². The van der Waals surface area contributed by atoms with Crippen molar-refractivity contribution in [2.75, 3.05) is 0 Å². The Morgan fingerprint density at radius 1 is 1.10 bits per heavy atom. The van der Waals surface area contributed by atoms with Crippen molar-refractivity contribution in [1.82, 2.24) is 0 Å². The summed E-state index contributed by atoms with van der Waals surface area (Å²) in [6, 6.07) is 0. The second-order valence-electron chi connectivity index (χ2n) is 8.39. The molecule has 8 atom stereocenters. The van der Waals surface area contributed by atoms with E-state index in [0.29, 0.717) is 24.2 Å². The van der Waals surface area contributed by atoms with E-state index in [-0.39, 0.29) is 34.9 Å². The van der Waals surface area contributed by atoms with Crippen molar-refractivity contribution in [2.45, 2.75) is 65.8 Å². The summed E-state index contributed by atoms with van der Waals surface area (Å²) in [5.74, 6) is 0.928. The fourth-order valence-corrected chi connectivity index (χ4v) is 6.14. The predicted molar refractivity (Wildman–Crippen MR) is 78.3 cm³/mol. The van der Waals surface area contributed by atoms with Gasteiger partial charge in [0.05, 0.1) is 12.2 Å². The van der Waals surface area contributed by atoms with Gasteiger partial charge in [0.1, 0.15) is 6.10 Å². The molecule has 0 aromatic heterocycles. The highest BCUT2D eigenvalue weighted by atomic mass is 16.5. The molecule has 4 rings (SSSR count). The maximum atomic E-state index is 11.4. The first-order valence-electron chi connectivity index (χ1n) is 8.15. The van der Waals surface area contributed by atoms with Crippen molar-refractivity contribution in [3.8, 4) is 0 Å². The van der Waals surface area contributed by atoms with Crippen molar-refractivity contribution in [3.63, 3.8) is 0 Å². The van der Waals surface area contributed by atoms with Crippen LogP contribution in [0.15, 0.2) is 0 Å². The molecular formula is C17H28O4. The molecule has 4 saturated carbocycles. The van der Waals surface area contributed by atoms with E-state index in [2.05, 4.69) is 27.7 Å². The largest absolute Gasteiger partial charge is 0.462 e. The van der Waals surface area contributed by atoms with E-state index in [1.807, 2.05) is 0 Å². The van der Waals surface area contributed by atoms with E-state index in [1.54, 1.807) is 0 Å². The summed E-state index contributed by atoms with van der Waals surface area (Å²) in [7, 11) is 0. The summed E-state index contributed by atoms with van der Waals surface area (Å²) in [6.45, 7) is 10.00. The number of ether oxygens (including phenoxy) is 1. The minimum Gasteiger partial charge on any atom is -0.462 e. The summed E-state index contributed by atoms with van der Waals surface area (Å²) < 4.78 is 5.55. The molecule has 0 aliphatic heterocycles. The molecular weight excluding hydrogens is 268 g/mol. The molecule has 0 saturated heterocycles. The van der Waals surface area contributed by atoms with Crippen molar-refractivity contribution >= 4 is 5.97 Å². The maximum absolute atomic E-state index is 11.4. The van der Waals surface area contributed by atoms with E-state index in [4.69, 9.17) is 4.74 Å². The maximum Gasteiger partial charge on any atom is 0.302 e. The van der Waals surface area contributed by atoms with Crippen molar-refractivity contribution in [2.24, 2.45) is 34.5 Å². The quantitative estimate of drug-likeness (QED) is 0.726. The lowest BCUT2D eigenvalue weighted by Gasteiger charge is -2.70. The molecule has 0 radical (unpaired) electrons. The molecule has 120 valence electrons. The van der Waals surface area contributed by atoms with Crippen LogP contribution in [0.5, 0.6) is 0 Å². The van der Waals surface area contributed by atoms with E-state index < -0.39 is 6.10 Å². The van der Waals surface area contributed by atoms with Gasteiger partial charge < -0.3 is 14.9 Å². The fourth-order valence-electron chi connectivity index (χ4n) is 6.14.